The van der Waals surface area contributed by atoms with Gasteiger partial charge in [0.15, 0.2) is 0 Å². The number of allylic oxidation sites excluding steroid dienone is 6. The number of hydrogen-bond donors (Lipinski definition) is 1. The lowest BCUT2D eigenvalue weighted by atomic mass is 10.1. The zero-order valence-electron chi connectivity index (χ0n) is 22.5. The standard InChI is InChI=1S/C31H56O3/c1-2-3-4-5-6-7-8-9-10-11-13-16-19-22-25-28-31(33)34-30-27-24-21-18-15-12-14-17-20-23-26-29-32/h3-4,6-7,9-10,32H,2,5,8,11-30H2,1H3/b4-3-,7-6-,10-9-. The predicted octanol–water partition coefficient (Wildman–Crippen LogP) is 9.40. The summed E-state index contributed by atoms with van der Waals surface area (Å²) < 4.78 is 5.38. The fraction of sp³-hybridized carbons (Fsp3) is 0.774. The van der Waals surface area contributed by atoms with E-state index in [0.717, 1.165) is 51.4 Å². The molecule has 0 aromatic carbocycles. The van der Waals surface area contributed by atoms with Gasteiger partial charge in [0.25, 0.3) is 0 Å². The summed E-state index contributed by atoms with van der Waals surface area (Å²) in [5, 5.41) is 8.75. The smallest absolute Gasteiger partial charge is 0.305 e. The molecular weight excluding hydrogens is 420 g/mol. The Balaban J connectivity index is 3.25. The first kappa shape index (κ1) is 32.7. The lowest BCUT2D eigenvalue weighted by Crippen LogP contribution is -2.05. The van der Waals surface area contributed by atoms with Crippen LogP contribution in [0.4, 0.5) is 0 Å². The largest absolute Gasteiger partial charge is 0.466 e. The third-order valence-electron chi connectivity index (χ3n) is 6.10. The molecule has 0 fully saturated rings. The Morgan fingerprint density at radius 2 is 1.06 bits per heavy atom. The van der Waals surface area contributed by atoms with E-state index in [1.165, 1.54) is 77.0 Å². The van der Waals surface area contributed by atoms with Crippen LogP contribution in [-0.2, 0) is 9.53 Å². The van der Waals surface area contributed by atoms with Gasteiger partial charge in [-0.15, -0.1) is 0 Å². The van der Waals surface area contributed by atoms with Crippen molar-refractivity contribution in [3.63, 3.8) is 0 Å². The summed E-state index contributed by atoms with van der Waals surface area (Å²) in [6.45, 7) is 3.10. The van der Waals surface area contributed by atoms with E-state index in [9.17, 15) is 4.79 Å². The molecule has 0 saturated carbocycles. The molecule has 0 rings (SSSR count). The first-order valence-corrected chi connectivity index (χ1v) is 14.5. The van der Waals surface area contributed by atoms with Crippen molar-refractivity contribution in [1.82, 2.24) is 0 Å². The minimum atomic E-state index is -0.0117. The molecule has 0 aromatic rings. The molecule has 3 heteroatoms. The third kappa shape index (κ3) is 28.7. The van der Waals surface area contributed by atoms with Crippen LogP contribution >= 0.6 is 0 Å². The van der Waals surface area contributed by atoms with Crippen molar-refractivity contribution in [1.29, 1.82) is 0 Å². The number of esters is 1. The summed E-state index contributed by atoms with van der Waals surface area (Å²) in [7, 11) is 0. The van der Waals surface area contributed by atoms with Crippen molar-refractivity contribution in [2.45, 2.75) is 142 Å². The van der Waals surface area contributed by atoms with Crippen LogP contribution in [0, 0.1) is 0 Å². The number of aliphatic hydroxyl groups excluding tert-OH is 1. The number of aliphatic hydroxyl groups is 1. The van der Waals surface area contributed by atoms with Crippen molar-refractivity contribution < 1.29 is 14.6 Å². The van der Waals surface area contributed by atoms with Crippen molar-refractivity contribution in [2.75, 3.05) is 13.2 Å². The van der Waals surface area contributed by atoms with Crippen LogP contribution in [0.1, 0.15) is 142 Å². The molecule has 0 heterocycles. The lowest BCUT2D eigenvalue weighted by molar-refractivity contribution is -0.143. The van der Waals surface area contributed by atoms with Gasteiger partial charge < -0.3 is 9.84 Å². The molecule has 0 radical (unpaired) electrons. The number of ether oxygens (including phenoxy) is 1. The second-order valence-electron chi connectivity index (χ2n) is 9.43. The molecule has 0 aliphatic rings. The SMILES string of the molecule is CC/C=C\C/C=C\C/C=C\CCCCCCCC(=O)OCCCCCCCCCCCCCO. The van der Waals surface area contributed by atoms with Gasteiger partial charge in [0, 0.05) is 13.0 Å². The topological polar surface area (TPSA) is 46.5 Å². The first-order valence-electron chi connectivity index (χ1n) is 14.5. The third-order valence-corrected chi connectivity index (χ3v) is 6.10. The maximum absolute atomic E-state index is 11.8. The summed E-state index contributed by atoms with van der Waals surface area (Å²) >= 11 is 0. The number of carbonyl (C=O) groups excluding carboxylic acids is 1. The molecule has 0 aromatic heterocycles. The number of carbonyl (C=O) groups is 1. The van der Waals surface area contributed by atoms with E-state index in [2.05, 4.69) is 43.4 Å². The normalized spacial score (nSPS) is 11.9. The maximum Gasteiger partial charge on any atom is 0.305 e. The quantitative estimate of drug-likeness (QED) is 0.0768. The van der Waals surface area contributed by atoms with Gasteiger partial charge in [0.2, 0.25) is 0 Å². The summed E-state index contributed by atoms with van der Waals surface area (Å²) in [5.41, 5.74) is 0. The van der Waals surface area contributed by atoms with Gasteiger partial charge in [-0.3, -0.25) is 4.79 Å². The van der Waals surface area contributed by atoms with Gasteiger partial charge in [-0.25, -0.2) is 0 Å². The van der Waals surface area contributed by atoms with Crippen LogP contribution in [-0.4, -0.2) is 24.3 Å². The molecule has 34 heavy (non-hydrogen) atoms. The number of hydrogen-bond acceptors (Lipinski definition) is 3. The van der Waals surface area contributed by atoms with Crippen LogP contribution in [0.2, 0.25) is 0 Å². The van der Waals surface area contributed by atoms with Gasteiger partial charge in [0.05, 0.1) is 6.61 Å². The highest BCUT2D eigenvalue weighted by molar-refractivity contribution is 5.69. The Morgan fingerprint density at radius 3 is 1.65 bits per heavy atom. The molecule has 0 atom stereocenters. The van der Waals surface area contributed by atoms with E-state index in [-0.39, 0.29) is 5.97 Å². The van der Waals surface area contributed by atoms with Crippen molar-refractivity contribution >= 4 is 5.97 Å². The van der Waals surface area contributed by atoms with Gasteiger partial charge in [-0.05, 0) is 51.4 Å². The summed E-state index contributed by atoms with van der Waals surface area (Å²) in [4.78, 5) is 11.8. The fourth-order valence-corrected chi connectivity index (χ4v) is 3.95. The molecule has 3 nitrogen and oxygen atoms in total. The van der Waals surface area contributed by atoms with Crippen LogP contribution in [0.5, 0.6) is 0 Å². The van der Waals surface area contributed by atoms with Crippen LogP contribution in [0.3, 0.4) is 0 Å². The van der Waals surface area contributed by atoms with Crippen molar-refractivity contribution in [3.05, 3.63) is 36.5 Å². The second kappa shape index (κ2) is 29.7. The Kier molecular flexibility index (Phi) is 28.5. The molecule has 0 aliphatic heterocycles. The Morgan fingerprint density at radius 1 is 0.588 bits per heavy atom. The van der Waals surface area contributed by atoms with Crippen LogP contribution < -0.4 is 0 Å². The Bertz CT molecular complexity index is 493. The average molecular weight is 477 g/mol. The van der Waals surface area contributed by atoms with Gasteiger partial charge in [-0.1, -0.05) is 120 Å². The van der Waals surface area contributed by atoms with E-state index < -0.39 is 0 Å². The highest BCUT2D eigenvalue weighted by atomic mass is 16.5. The zero-order valence-corrected chi connectivity index (χ0v) is 22.5. The van der Waals surface area contributed by atoms with Crippen LogP contribution in [0.25, 0.3) is 0 Å². The highest BCUT2D eigenvalue weighted by Gasteiger charge is 2.02. The molecule has 0 bridgehead atoms. The lowest BCUT2D eigenvalue weighted by Gasteiger charge is -2.05. The van der Waals surface area contributed by atoms with E-state index in [1.807, 2.05) is 0 Å². The minimum Gasteiger partial charge on any atom is -0.466 e. The first-order chi connectivity index (χ1) is 16.8. The minimum absolute atomic E-state index is 0.0117. The molecule has 1 N–H and O–H groups in total. The molecule has 0 spiro atoms. The van der Waals surface area contributed by atoms with Gasteiger partial charge in [0.1, 0.15) is 0 Å². The Labute approximate surface area is 212 Å². The van der Waals surface area contributed by atoms with Crippen molar-refractivity contribution in [3.8, 4) is 0 Å². The fourth-order valence-electron chi connectivity index (χ4n) is 3.95. The molecule has 198 valence electrons. The van der Waals surface area contributed by atoms with Crippen molar-refractivity contribution in [2.24, 2.45) is 0 Å². The monoisotopic (exact) mass is 476 g/mol. The number of rotatable bonds is 26. The summed E-state index contributed by atoms with van der Waals surface area (Å²) in [6, 6.07) is 0. The molecule has 0 saturated heterocycles. The molecule has 0 unspecified atom stereocenters. The van der Waals surface area contributed by atoms with Gasteiger partial charge >= 0.3 is 5.97 Å². The number of unbranched alkanes of at least 4 members (excludes halogenated alkanes) is 15. The molecule has 0 amide bonds. The van der Waals surface area contributed by atoms with E-state index in [4.69, 9.17) is 9.84 Å². The van der Waals surface area contributed by atoms with E-state index in [0.29, 0.717) is 19.6 Å². The highest BCUT2D eigenvalue weighted by Crippen LogP contribution is 2.12. The molecular formula is C31H56O3. The van der Waals surface area contributed by atoms with Crippen LogP contribution in [0.15, 0.2) is 36.5 Å². The average Bonchev–Trinajstić information content (AvgIpc) is 2.84. The van der Waals surface area contributed by atoms with E-state index >= 15 is 0 Å². The second-order valence-corrected chi connectivity index (χ2v) is 9.43. The van der Waals surface area contributed by atoms with E-state index in [1.54, 1.807) is 0 Å². The van der Waals surface area contributed by atoms with Gasteiger partial charge in [-0.2, -0.15) is 0 Å². The maximum atomic E-state index is 11.8. The summed E-state index contributed by atoms with van der Waals surface area (Å²) in [5.74, 6) is -0.0117. The Hall–Kier alpha value is -1.35. The zero-order chi connectivity index (χ0) is 24.8. The molecule has 0 aliphatic carbocycles. The summed E-state index contributed by atoms with van der Waals surface area (Å²) in [6.07, 6.45) is 37.6. The predicted molar refractivity (Wildman–Crippen MR) is 148 cm³/mol.